The predicted octanol–water partition coefficient (Wildman–Crippen LogP) is 3.30. The van der Waals surface area contributed by atoms with Gasteiger partial charge in [0.15, 0.2) is 5.78 Å². The molecule has 21 heavy (non-hydrogen) atoms. The molecule has 1 aromatic carbocycles. The van der Waals surface area contributed by atoms with Gasteiger partial charge in [-0.05, 0) is 25.0 Å². The zero-order chi connectivity index (χ0) is 15.3. The van der Waals surface area contributed by atoms with Crippen molar-refractivity contribution in [2.24, 2.45) is 0 Å². The van der Waals surface area contributed by atoms with Crippen molar-refractivity contribution in [2.45, 2.75) is 57.5 Å². The Labute approximate surface area is 125 Å². The van der Waals surface area contributed by atoms with Gasteiger partial charge in [-0.3, -0.25) is 9.59 Å². The highest BCUT2D eigenvalue weighted by molar-refractivity contribution is 5.98. The minimum Gasteiger partial charge on any atom is -0.389 e. The molecule has 0 heterocycles. The van der Waals surface area contributed by atoms with Crippen molar-refractivity contribution in [1.82, 2.24) is 0 Å². The highest BCUT2D eigenvalue weighted by Gasteiger charge is 2.31. The number of Topliss-reactive ketones (excluding diaryl/α,β-unsaturated/α-hetero) is 1. The van der Waals surface area contributed by atoms with Crippen LogP contribution in [0.15, 0.2) is 24.3 Å². The van der Waals surface area contributed by atoms with Gasteiger partial charge in [0.25, 0.3) is 0 Å². The van der Waals surface area contributed by atoms with Crippen molar-refractivity contribution >= 4 is 17.4 Å². The van der Waals surface area contributed by atoms with Crippen molar-refractivity contribution in [3.63, 3.8) is 0 Å². The number of ketones is 1. The minimum absolute atomic E-state index is 0.0528. The van der Waals surface area contributed by atoms with Crippen LogP contribution in [0.4, 0.5) is 5.69 Å². The van der Waals surface area contributed by atoms with E-state index in [-0.39, 0.29) is 18.1 Å². The van der Waals surface area contributed by atoms with Gasteiger partial charge in [-0.15, -0.1) is 0 Å². The van der Waals surface area contributed by atoms with Crippen LogP contribution in [0.2, 0.25) is 0 Å². The number of benzene rings is 1. The molecule has 0 radical (unpaired) electrons. The summed E-state index contributed by atoms with van der Waals surface area (Å²) in [5, 5.41) is 13.2. The molecule has 1 aromatic rings. The van der Waals surface area contributed by atoms with Crippen LogP contribution >= 0.6 is 0 Å². The number of hydrogen-bond donors (Lipinski definition) is 2. The molecular formula is C17H23NO3. The Morgan fingerprint density at radius 1 is 1.24 bits per heavy atom. The molecule has 4 nitrogen and oxygen atoms in total. The first kappa shape index (κ1) is 15.7. The largest absolute Gasteiger partial charge is 0.389 e. The number of carbonyl (C=O) groups is 2. The van der Waals surface area contributed by atoms with Gasteiger partial charge in [0.05, 0.1) is 12.0 Å². The van der Waals surface area contributed by atoms with Gasteiger partial charge in [-0.2, -0.15) is 0 Å². The molecule has 0 bridgehead atoms. The highest BCUT2D eigenvalue weighted by Crippen LogP contribution is 2.31. The van der Waals surface area contributed by atoms with Crippen LogP contribution in [-0.2, 0) is 4.79 Å². The molecular weight excluding hydrogens is 266 g/mol. The van der Waals surface area contributed by atoms with Crippen LogP contribution in [0.3, 0.4) is 0 Å². The molecule has 1 aliphatic carbocycles. The summed E-state index contributed by atoms with van der Waals surface area (Å²) in [6.07, 6.45) is 5.03. The van der Waals surface area contributed by atoms with Crippen LogP contribution in [0.5, 0.6) is 0 Å². The van der Waals surface area contributed by atoms with E-state index >= 15 is 0 Å². The van der Waals surface area contributed by atoms with E-state index in [1.165, 1.54) is 0 Å². The van der Waals surface area contributed by atoms with Crippen LogP contribution < -0.4 is 5.32 Å². The molecule has 0 aromatic heterocycles. The molecule has 1 saturated carbocycles. The summed E-state index contributed by atoms with van der Waals surface area (Å²) in [5.41, 5.74) is 0.351. The second-order valence-electron chi connectivity index (χ2n) is 5.87. The zero-order valence-electron chi connectivity index (χ0n) is 12.5. The maximum absolute atomic E-state index is 12.1. The van der Waals surface area contributed by atoms with Gasteiger partial charge in [-0.1, -0.05) is 38.3 Å². The fourth-order valence-electron chi connectivity index (χ4n) is 2.87. The number of anilines is 1. The quantitative estimate of drug-likeness (QED) is 0.817. The highest BCUT2D eigenvalue weighted by atomic mass is 16.3. The average Bonchev–Trinajstić information content (AvgIpc) is 2.46. The summed E-state index contributed by atoms with van der Waals surface area (Å²) in [5.74, 6) is -0.141. The molecule has 0 atom stereocenters. The first-order valence-electron chi connectivity index (χ1n) is 7.68. The van der Waals surface area contributed by atoms with Crippen molar-refractivity contribution in [3.05, 3.63) is 29.8 Å². The van der Waals surface area contributed by atoms with Crippen LogP contribution in [0, 0.1) is 0 Å². The Balaban J connectivity index is 1.97. The Morgan fingerprint density at radius 3 is 2.62 bits per heavy atom. The number of aliphatic hydroxyl groups is 1. The lowest BCUT2D eigenvalue weighted by Gasteiger charge is -2.31. The Morgan fingerprint density at radius 2 is 1.95 bits per heavy atom. The van der Waals surface area contributed by atoms with E-state index < -0.39 is 5.60 Å². The fourth-order valence-corrected chi connectivity index (χ4v) is 2.87. The molecule has 0 saturated heterocycles. The van der Waals surface area contributed by atoms with E-state index in [1.54, 1.807) is 24.3 Å². The molecule has 0 spiro atoms. The van der Waals surface area contributed by atoms with Gasteiger partial charge < -0.3 is 10.4 Å². The number of amides is 1. The molecule has 1 amide bonds. The lowest BCUT2D eigenvalue weighted by molar-refractivity contribution is -0.122. The number of nitrogens with one attached hydrogen (secondary N) is 1. The summed E-state index contributed by atoms with van der Waals surface area (Å²) < 4.78 is 0. The molecule has 4 heteroatoms. The first-order valence-corrected chi connectivity index (χ1v) is 7.68. The zero-order valence-corrected chi connectivity index (χ0v) is 12.5. The van der Waals surface area contributed by atoms with Crippen molar-refractivity contribution < 1.29 is 14.7 Å². The summed E-state index contributed by atoms with van der Waals surface area (Å²) in [6.45, 7) is 1.81. The van der Waals surface area contributed by atoms with Gasteiger partial charge in [0.1, 0.15) is 0 Å². The van der Waals surface area contributed by atoms with Crippen LogP contribution in [0.1, 0.15) is 62.2 Å². The van der Waals surface area contributed by atoms with E-state index in [4.69, 9.17) is 0 Å². The number of hydrogen-bond acceptors (Lipinski definition) is 3. The predicted molar refractivity (Wildman–Crippen MR) is 82.3 cm³/mol. The van der Waals surface area contributed by atoms with Gasteiger partial charge in [0.2, 0.25) is 5.91 Å². The fraction of sp³-hybridized carbons (Fsp3) is 0.529. The molecule has 1 aliphatic rings. The molecule has 1 fully saturated rings. The Bertz CT molecular complexity index is 519. The maximum atomic E-state index is 12.1. The topological polar surface area (TPSA) is 66.4 Å². The lowest BCUT2D eigenvalue weighted by atomic mass is 9.82. The van der Waals surface area contributed by atoms with Crippen LogP contribution in [0.25, 0.3) is 0 Å². The smallest absolute Gasteiger partial charge is 0.227 e. The third-order valence-corrected chi connectivity index (χ3v) is 4.06. The second-order valence-corrected chi connectivity index (χ2v) is 5.87. The summed E-state index contributed by atoms with van der Waals surface area (Å²) in [4.78, 5) is 23.7. The Kier molecular flexibility index (Phi) is 5.12. The normalized spacial score (nSPS) is 17.2. The molecule has 2 rings (SSSR count). The maximum Gasteiger partial charge on any atom is 0.227 e. The molecule has 114 valence electrons. The molecule has 0 aliphatic heterocycles. The molecule has 2 N–H and O–H groups in total. The summed E-state index contributed by atoms with van der Waals surface area (Å²) >= 11 is 0. The standard InChI is InChI=1S/C17H23NO3/c1-2-15(19)13-7-6-8-14(11-13)18-16(20)12-17(21)9-4-3-5-10-17/h6-8,11,21H,2-5,9-10,12H2,1H3,(H,18,20). The van der Waals surface area contributed by atoms with Gasteiger partial charge >= 0.3 is 0 Å². The van der Waals surface area contributed by atoms with Gasteiger partial charge in [-0.25, -0.2) is 0 Å². The number of rotatable bonds is 5. The summed E-state index contributed by atoms with van der Waals surface area (Å²) in [7, 11) is 0. The van der Waals surface area contributed by atoms with Crippen molar-refractivity contribution in [2.75, 3.05) is 5.32 Å². The van der Waals surface area contributed by atoms with Crippen LogP contribution in [-0.4, -0.2) is 22.4 Å². The Hall–Kier alpha value is -1.68. The van der Waals surface area contributed by atoms with E-state index in [9.17, 15) is 14.7 Å². The third-order valence-electron chi connectivity index (χ3n) is 4.06. The summed E-state index contributed by atoms with van der Waals surface area (Å²) in [6, 6.07) is 6.95. The van der Waals surface area contributed by atoms with E-state index in [2.05, 4.69) is 5.32 Å². The molecule has 0 unspecified atom stereocenters. The minimum atomic E-state index is -0.862. The lowest BCUT2D eigenvalue weighted by Crippen LogP contribution is -2.35. The monoisotopic (exact) mass is 289 g/mol. The van der Waals surface area contributed by atoms with Crippen molar-refractivity contribution in [3.8, 4) is 0 Å². The van der Waals surface area contributed by atoms with Gasteiger partial charge in [0, 0.05) is 17.7 Å². The third kappa shape index (κ3) is 4.39. The van der Waals surface area contributed by atoms with E-state index in [1.807, 2.05) is 6.92 Å². The average molecular weight is 289 g/mol. The second kappa shape index (κ2) is 6.85. The first-order chi connectivity index (χ1) is 10.0. The van der Waals surface area contributed by atoms with E-state index in [0.717, 1.165) is 19.3 Å². The number of carbonyl (C=O) groups excluding carboxylic acids is 2. The van der Waals surface area contributed by atoms with E-state index in [0.29, 0.717) is 30.5 Å². The SMILES string of the molecule is CCC(=O)c1cccc(NC(=O)CC2(O)CCCCC2)c1. The van der Waals surface area contributed by atoms with Crippen molar-refractivity contribution in [1.29, 1.82) is 0 Å².